The lowest BCUT2D eigenvalue weighted by Crippen LogP contribution is -2.32. The van der Waals surface area contributed by atoms with Crippen molar-refractivity contribution in [3.63, 3.8) is 0 Å². The average Bonchev–Trinajstić information content (AvgIpc) is 3.21. The van der Waals surface area contributed by atoms with Crippen molar-refractivity contribution in [2.75, 3.05) is 26.9 Å². The summed E-state index contributed by atoms with van der Waals surface area (Å²) in [5.74, 6) is 1.26. The van der Waals surface area contributed by atoms with E-state index >= 15 is 0 Å². The number of benzene rings is 3. The van der Waals surface area contributed by atoms with Crippen LogP contribution in [0.15, 0.2) is 70.5 Å². The molecule has 0 aromatic heterocycles. The average molecular weight is 612 g/mol. The van der Waals surface area contributed by atoms with Gasteiger partial charge in [0.15, 0.2) is 11.5 Å². The van der Waals surface area contributed by atoms with Gasteiger partial charge in [0.1, 0.15) is 23.0 Å². The fourth-order valence-electron chi connectivity index (χ4n) is 4.19. The van der Waals surface area contributed by atoms with E-state index in [1.54, 1.807) is 25.1 Å². The molecule has 1 heterocycles. The summed E-state index contributed by atoms with van der Waals surface area (Å²) in [7, 11) is -2.66. The number of nitrogens with zero attached hydrogens (tertiary/aromatic N) is 1. The van der Waals surface area contributed by atoms with Crippen LogP contribution in [0.3, 0.4) is 0 Å². The molecular formula is C31H33NO8S2. The molecule has 0 radical (unpaired) electrons. The van der Waals surface area contributed by atoms with Crippen molar-refractivity contribution in [3.05, 3.63) is 82.3 Å². The number of aryl methyl sites for hydroxylation is 1. The van der Waals surface area contributed by atoms with Crippen LogP contribution in [-0.2, 0) is 14.9 Å². The molecule has 0 unspecified atom stereocenters. The first-order valence-electron chi connectivity index (χ1n) is 13.4. The maximum atomic E-state index is 13.1. The molecule has 3 aromatic carbocycles. The number of hydrogen-bond acceptors (Lipinski definition) is 9. The van der Waals surface area contributed by atoms with Crippen LogP contribution >= 0.6 is 11.8 Å². The van der Waals surface area contributed by atoms with E-state index in [0.717, 1.165) is 33.5 Å². The van der Waals surface area contributed by atoms with Crippen molar-refractivity contribution < 1.29 is 36.4 Å². The van der Waals surface area contributed by atoms with Crippen LogP contribution in [0.25, 0.3) is 6.08 Å². The molecule has 0 bridgehead atoms. The van der Waals surface area contributed by atoms with Gasteiger partial charge in [0.05, 0.1) is 25.2 Å². The molecule has 42 heavy (non-hydrogen) atoms. The largest absolute Gasteiger partial charge is 0.497 e. The first-order chi connectivity index (χ1) is 20.0. The lowest BCUT2D eigenvalue weighted by atomic mass is 10.0. The molecule has 9 nitrogen and oxygen atoms in total. The first kappa shape index (κ1) is 31.0. The van der Waals surface area contributed by atoms with Crippen LogP contribution < -0.4 is 18.4 Å². The SMILES string of the molecule is CCOc1cc(/C=C2\SC(=O)N(CCOc3cc(C)ccc3C(C)C)C2=O)ccc1OS(=O)(=O)c1ccc(OC)cc1. The van der Waals surface area contributed by atoms with Crippen molar-refractivity contribution in [2.45, 2.75) is 38.5 Å². The zero-order chi connectivity index (χ0) is 30.4. The standard InChI is InChI=1S/C31H33NO8S2/c1-6-38-28-18-22(8-14-26(28)40-42(35,36)24-11-9-23(37-5)10-12-24)19-29-30(33)32(31(34)41-29)15-16-39-27-17-21(4)7-13-25(27)20(2)3/h7-14,17-20H,6,15-16H2,1-5H3/b29-19-. The fraction of sp³-hybridized carbons (Fsp3) is 0.290. The zero-order valence-corrected chi connectivity index (χ0v) is 25.7. The van der Waals surface area contributed by atoms with Crippen LogP contribution in [0.2, 0.25) is 0 Å². The molecule has 222 valence electrons. The number of hydrogen-bond donors (Lipinski definition) is 0. The van der Waals surface area contributed by atoms with Gasteiger partial charge in [-0.05, 0) is 96.8 Å². The van der Waals surface area contributed by atoms with Crippen LogP contribution in [0.5, 0.6) is 23.0 Å². The van der Waals surface area contributed by atoms with Crippen molar-refractivity contribution in [3.8, 4) is 23.0 Å². The van der Waals surface area contributed by atoms with E-state index in [2.05, 4.69) is 13.8 Å². The van der Waals surface area contributed by atoms with E-state index in [1.807, 2.05) is 25.1 Å². The minimum Gasteiger partial charge on any atom is -0.497 e. The van der Waals surface area contributed by atoms with Gasteiger partial charge in [0.2, 0.25) is 0 Å². The molecule has 1 aliphatic rings. The van der Waals surface area contributed by atoms with Crippen LogP contribution in [0.1, 0.15) is 43.4 Å². The quantitative estimate of drug-likeness (QED) is 0.170. The number of amides is 2. The molecule has 4 rings (SSSR count). The van der Waals surface area contributed by atoms with Gasteiger partial charge in [0, 0.05) is 0 Å². The van der Waals surface area contributed by atoms with Crippen molar-refractivity contribution in [1.82, 2.24) is 4.90 Å². The van der Waals surface area contributed by atoms with Crippen LogP contribution in [0.4, 0.5) is 4.79 Å². The summed E-state index contributed by atoms with van der Waals surface area (Å²) in [6.45, 7) is 8.41. The van der Waals surface area contributed by atoms with Crippen LogP contribution in [0, 0.1) is 6.92 Å². The van der Waals surface area contributed by atoms with E-state index in [1.165, 1.54) is 37.4 Å². The Labute approximate surface area is 250 Å². The van der Waals surface area contributed by atoms with E-state index in [-0.39, 0.29) is 47.0 Å². The monoisotopic (exact) mass is 611 g/mol. The summed E-state index contributed by atoms with van der Waals surface area (Å²) in [6, 6.07) is 16.4. The lowest BCUT2D eigenvalue weighted by Gasteiger charge is -2.17. The number of carbonyl (C=O) groups is 2. The number of ether oxygens (including phenoxy) is 3. The van der Waals surface area contributed by atoms with Crippen LogP contribution in [-0.4, -0.2) is 51.3 Å². The van der Waals surface area contributed by atoms with Gasteiger partial charge in [-0.2, -0.15) is 8.42 Å². The van der Waals surface area contributed by atoms with Gasteiger partial charge in [0.25, 0.3) is 11.1 Å². The second kappa shape index (κ2) is 13.3. The topological polar surface area (TPSA) is 108 Å². The Kier molecular flexibility index (Phi) is 9.85. The van der Waals surface area contributed by atoms with Gasteiger partial charge in [-0.3, -0.25) is 14.5 Å². The molecule has 1 saturated heterocycles. The highest BCUT2D eigenvalue weighted by atomic mass is 32.2. The van der Waals surface area contributed by atoms with Crippen molar-refractivity contribution in [1.29, 1.82) is 0 Å². The molecule has 0 spiro atoms. The van der Waals surface area contributed by atoms with E-state index in [4.69, 9.17) is 18.4 Å². The third-order valence-corrected chi connectivity index (χ3v) is 8.51. The second-order valence-electron chi connectivity index (χ2n) is 9.73. The molecule has 3 aromatic rings. The Morgan fingerprint density at radius 1 is 0.929 bits per heavy atom. The highest BCUT2D eigenvalue weighted by Crippen LogP contribution is 2.36. The van der Waals surface area contributed by atoms with Gasteiger partial charge in [-0.25, -0.2) is 0 Å². The lowest BCUT2D eigenvalue weighted by molar-refractivity contribution is -0.123. The van der Waals surface area contributed by atoms with Crippen molar-refractivity contribution in [2.24, 2.45) is 0 Å². The third kappa shape index (κ3) is 7.27. The van der Waals surface area contributed by atoms with Gasteiger partial charge >= 0.3 is 10.1 Å². The highest BCUT2D eigenvalue weighted by Gasteiger charge is 2.35. The van der Waals surface area contributed by atoms with E-state index < -0.39 is 21.3 Å². The molecule has 0 saturated carbocycles. The predicted molar refractivity (Wildman–Crippen MR) is 162 cm³/mol. The Morgan fingerprint density at radius 3 is 2.33 bits per heavy atom. The van der Waals surface area contributed by atoms with Gasteiger partial charge in [-0.1, -0.05) is 32.0 Å². The van der Waals surface area contributed by atoms with E-state index in [9.17, 15) is 18.0 Å². The second-order valence-corrected chi connectivity index (χ2v) is 12.3. The summed E-state index contributed by atoms with van der Waals surface area (Å²) in [5, 5.41) is -0.390. The predicted octanol–water partition coefficient (Wildman–Crippen LogP) is 6.41. The maximum absolute atomic E-state index is 13.1. The normalized spacial score (nSPS) is 14.5. The summed E-state index contributed by atoms with van der Waals surface area (Å²) in [5.41, 5.74) is 2.66. The molecule has 11 heteroatoms. The summed E-state index contributed by atoms with van der Waals surface area (Å²) in [4.78, 5) is 27.1. The minimum absolute atomic E-state index is 0.00742. The fourth-order valence-corrected chi connectivity index (χ4v) is 6.00. The Balaban J connectivity index is 1.47. The highest BCUT2D eigenvalue weighted by molar-refractivity contribution is 8.18. The molecule has 2 amide bonds. The summed E-state index contributed by atoms with van der Waals surface area (Å²) >= 11 is 0.832. The number of rotatable bonds is 12. The Bertz CT molecular complexity index is 1600. The molecule has 1 fully saturated rings. The molecule has 0 aliphatic carbocycles. The molecule has 0 atom stereocenters. The zero-order valence-electron chi connectivity index (χ0n) is 24.1. The number of imide groups is 1. The molecule has 0 N–H and O–H groups in total. The molecule has 1 aliphatic heterocycles. The van der Waals surface area contributed by atoms with Crippen molar-refractivity contribution >= 4 is 39.1 Å². The Hall–Kier alpha value is -3.96. The smallest absolute Gasteiger partial charge is 0.339 e. The number of carbonyl (C=O) groups excluding carboxylic acids is 2. The number of thioether (sulfide) groups is 1. The third-order valence-electron chi connectivity index (χ3n) is 6.35. The maximum Gasteiger partial charge on any atom is 0.339 e. The Morgan fingerprint density at radius 2 is 1.67 bits per heavy atom. The summed E-state index contributed by atoms with van der Waals surface area (Å²) < 4.78 is 47.8. The van der Waals surface area contributed by atoms with E-state index in [0.29, 0.717) is 11.3 Å². The van der Waals surface area contributed by atoms with Gasteiger partial charge in [-0.15, -0.1) is 0 Å². The number of methoxy groups -OCH3 is 1. The van der Waals surface area contributed by atoms with Gasteiger partial charge < -0.3 is 18.4 Å². The molecular weight excluding hydrogens is 578 g/mol. The first-order valence-corrected chi connectivity index (χ1v) is 15.6. The summed E-state index contributed by atoms with van der Waals surface area (Å²) in [6.07, 6.45) is 1.56. The minimum atomic E-state index is -4.15.